The van der Waals surface area contributed by atoms with Crippen LogP contribution in [-0.2, 0) is 11.2 Å². The maximum absolute atomic E-state index is 12.9. The average molecular weight is 315 g/mol. The largest absolute Gasteiger partial charge is 0.444 e. The summed E-state index contributed by atoms with van der Waals surface area (Å²) in [6, 6.07) is 7.82. The molecule has 0 unspecified atom stereocenters. The van der Waals surface area contributed by atoms with Crippen LogP contribution in [0.2, 0.25) is 0 Å². The Morgan fingerprint density at radius 3 is 2.70 bits per heavy atom. The van der Waals surface area contributed by atoms with Gasteiger partial charge in [-0.15, -0.1) is 0 Å². The van der Waals surface area contributed by atoms with Crippen molar-refractivity contribution in [2.24, 2.45) is 5.92 Å². The molecule has 23 heavy (non-hydrogen) atoms. The van der Waals surface area contributed by atoms with Gasteiger partial charge < -0.3 is 9.64 Å². The van der Waals surface area contributed by atoms with Crippen molar-refractivity contribution in [1.29, 1.82) is 0 Å². The average Bonchev–Trinajstić information content (AvgIpc) is 2.95. The molecule has 0 bridgehead atoms. The topological polar surface area (TPSA) is 46.6 Å². The first kappa shape index (κ1) is 16.0. The van der Waals surface area contributed by atoms with E-state index in [0.29, 0.717) is 6.54 Å². The first-order chi connectivity index (χ1) is 10.9. The predicted molar refractivity (Wildman–Crippen MR) is 88.5 cm³/mol. The molecule has 1 saturated heterocycles. The molecule has 0 aromatic heterocycles. The van der Waals surface area contributed by atoms with Crippen LogP contribution in [0.5, 0.6) is 0 Å². The third-order valence-electron chi connectivity index (χ3n) is 4.74. The standard InChI is InChI=1S/C19H25NO3/c1-19(2,3)23-18(22)20-12-6-9-16(20)15-11-10-13-7-4-5-8-14(13)17(15)21/h4-5,7-8,15-16H,6,9-12H2,1-3H3/t15-,16-/m1/s1. The van der Waals surface area contributed by atoms with Crippen molar-refractivity contribution in [2.45, 2.75) is 58.1 Å². The number of carbonyl (C=O) groups is 2. The van der Waals surface area contributed by atoms with Gasteiger partial charge in [0.05, 0.1) is 0 Å². The minimum Gasteiger partial charge on any atom is -0.444 e. The number of hydrogen-bond acceptors (Lipinski definition) is 3. The fraction of sp³-hybridized carbons (Fsp3) is 0.579. The van der Waals surface area contributed by atoms with Gasteiger partial charge in [0.2, 0.25) is 0 Å². The maximum Gasteiger partial charge on any atom is 0.410 e. The van der Waals surface area contributed by atoms with Crippen LogP contribution in [0.25, 0.3) is 0 Å². The number of carbonyl (C=O) groups excluding carboxylic acids is 2. The summed E-state index contributed by atoms with van der Waals surface area (Å²) in [6.07, 6.45) is 3.27. The first-order valence-electron chi connectivity index (χ1n) is 8.48. The van der Waals surface area contributed by atoms with Crippen LogP contribution >= 0.6 is 0 Å². The quantitative estimate of drug-likeness (QED) is 0.791. The molecule has 0 radical (unpaired) electrons. The molecule has 0 spiro atoms. The van der Waals surface area contributed by atoms with Crippen molar-refractivity contribution < 1.29 is 14.3 Å². The molecule has 1 aliphatic carbocycles. The lowest BCUT2D eigenvalue weighted by molar-refractivity contribution is 0.0175. The first-order valence-corrected chi connectivity index (χ1v) is 8.48. The molecule has 1 amide bonds. The molecule has 1 fully saturated rings. The molecule has 0 N–H and O–H groups in total. The summed E-state index contributed by atoms with van der Waals surface area (Å²) in [5.41, 5.74) is 1.46. The summed E-state index contributed by atoms with van der Waals surface area (Å²) in [6.45, 7) is 6.30. The molecule has 1 aromatic rings. The van der Waals surface area contributed by atoms with E-state index in [1.807, 2.05) is 45.0 Å². The third-order valence-corrected chi connectivity index (χ3v) is 4.74. The monoisotopic (exact) mass is 315 g/mol. The molecule has 2 aliphatic rings. The number of fused-ring (bicyclic) bond motifs is 1. The summed E-state index contributed by atoms with van der Waals surface area (Å²) in [4.78, 5) is 27.1. The minimum atomic E-state index is -0.507. The Bertz CT molecular complexity index is 617. The van der Waals surface area contributed by atoms with E-state index >= 15 is 0 Å². The summed E-state index contributed by atoms with van der Waals surface area (Å²) < 4.78 is 5.52. The molecular formula is C19H25NO3. The van der Waals surface area contributed by atoms with Gasteiger partial charge in [0.15, 0.2) is 5.78 Å². The van der Waals surface area contributed by atoms with Crippen LogP contribution in [-0.4, -0.2) is 35.0 Å². The van der Waals surface area contributed by atoms with Gasteiger partial charge in [0.25, 0.3) is 0 Å². The third kappa shape index (κ3) is 3.26. The SMILES string of the molecule is CC(C)(C)OC(=O)N1CCC[C@@H]1[C@H]1CCc2ccccc2C1=O. The lowest BCUT2D eigenvalue weighted by Gasteiger charge is -2.34. The molecule has 0 saturated carbocycles. The van der Waals surface area contributed by atoms with E-state index in [1.54, 1.807) is 4.90 Å². The number of amides is 1. The molecule has 1 heterocycles. The lowest BCUT2D eigenvalue weighted by atomic mass is 9.78. The van der Waals surface area contributed by atoms with E-state index in [-0.39, 0.29) is 23.8 Å². The van der Waals surface area contributed by atoms with Crippen molar-refractivity contribution in [3.8, 4) is 0 Å². The summed E-state index contributed by atoms with van der Waals surface area (Å²) >= 11 is 0. The van der Waals surface area contributed by atoms with Gasteiger partial charge in [-0.05, 0) is 52.0 Å². The second kappa shape index (κ2) is 5.99. The zero-order chi connectivity index (χ0) is 16.6. The van der Waals surface area contributed by atoms with Crippen LogP contribution < -0.4 is 0 Å². The highest BCUT2D eigenvalue weighted by Crippen LogP contribution is 2.34. The van der Waals surface area contributed by atoms with Crippen molar-refractivity contribution in [1.82, 2.24) is 4.90 Å². The Kier molecular flexibility index (Phi) is 4.17. The number of aryl methyl sites for hydroxylation is 1. The Labute approximate surface area is 137 Å². The van der Waals surface area contributed by atoms with E-state index in [0.717, 1.165) is 36.8 Å². The van der Waals surface area contributed by atoms with Gasteiger partial charge in [-0.25, -0.2) is 4.79 Å². The van der Waals surface area contributed by atoms with Crippen molar-refractivity contribution >= 4 is 11.9 Å². The summed E-state index contributed by atoms with van der Waals surface area (Å²) in [5, 5.41) is 0. The highest BCUT2D eigenvalue weighted by atomic mass is 16.6. The smallest absolute Gasteiger partial charge is 0.410 e. The number of ether oxygens (including phenoxy) is 1. The Morgan fingerprint density at radius 2 is 1.96 bits per heavy atom. The highest BCUT2D eigenvalue weighted by molar-refractivity contribution is 6.00. The fourth-order valence-corrected chi connectivity index (χ4v) is 3.75. The molecule has 3 rings (SSSR count). The molecular weight excluding hydrogens is 290 g/mol. The second-order valence-corrected chi connectivity index (χ2v) is 7.55. The van der Waals surface area contributed by atoms with Gasteiger partial charge in [0, 0.05) is 24.1 Å². The number of hydrogen-bond donors (Lipinski definition) is 0. The minimum absolute atomic E-state index is 0.0225. The van der Waals surface area contributed by atoms with Gasteiger partial charge in [-0.3, -0.25) is 4.79 Å². The summed E-state index contributed by atoms with van der Waals surface area (Å²) in [5.74, 6) is 0.0900. The van der Waals surface area contributed by atoms with Gasteiger partial charge in [0.1, 0.15) is 5.60 Å². The van der Waals surface area contributed by atoms with Crippen LogP contribution in [0.15, 0.2) is 24.3 Å². The van der Waals surface area contributed by atoms with Crippen molar-refractivity contribution in [3.05, 3.63) is 35.4 Å². The van der Waals surface area contributed by atoms with Gasteiger partial charge in [-0.2, -0.15) is 0 Å². The predicted octanol–water partition coefficient (Wildman–Crippen LogP) is 3.83. The molecule has 4 heteroatoms. The number of nitrogens with zero attached hydrogens (tertiary/aromatic N) is 1. The second-order valence-electron chi connectivity index (χ2n) is 7.55. The zero-order valence-electron chi connectivity index (χ0n) is 14.2. The van der Waals surface area contributed by atoms with E-state index in [4.69, 9.17) is 4.74 Å². The fourth-order valence-electron chi connectivity index (χ4n) is 3.75. The molecule has 1 aromatic carbocycles. The highest BCUT2D eigenvalue weighted by Gasteiger charge is 2.41. The summed E-state index contributed by atoms with van der Waals surface area (Å²) in [7, 11) is 0. The number of Topliss-reactive ketones (excluding diaryl/α,β-unsaturated/α-hetero) is 1. The van der Waals surface area contributed by atoms with Crippen molar-refractivity contribution in [2.75, 3.05) is 6.54 Å². The zero-order valence-corrected chi connectivity index (χ0v) is 14.2. The van der Waals surface area contributed by atoms with E-state index in [1.165, 1.54) is 0 Å². The molecule has 1 aliphatic heterocycles. The van der Waals surface area contributed by atoms with Crippen LogP contribution in [0, 0.1) is 5.92 Å². The van der Waals surface area contributed by atoms with Crippen LogP contribution in [0.3, 0.4) is 0 Å². The normalized spacial score (nSPS) is 24.5. The number of rotatable bonds is 1. The van der Waals surface area contributed by atoms with Crippen LogP contribution in [0.1, 0.15) is 56.0 Å². The lowest BCUT2D eigenvalue weighted by Crippen LogP contribution is -2.46. The van der Waals surface area contributed by atoms with Gasteiger partial charge >= 0.3 is 6.09 Å². The van der Waals surface area contributed by atoms with E-state index in [9.17, 15) is 9.59 Å². The van der Waals surface area contributed by atoms with E-state index in [2.05, 4.69) is 0 Å². The number of likely N-dealkylation sites (tertiary alicyclic amines) is 1. The van der Waals surface area contributed by atoms with Gasteiger partial charge in [-0.1, -0.05) is 24.3 Å². The van der Waals surface area contributed by atoms with Crippen LogP contribution in [0.4, 0.5) is 4.79 Å². The van der Waals surface area contributed by atoms with E-state index < -0.39 is 5.60 Å². The molecule has 2 atom stereocenters. The molecule has 4 nitrogen and oxygen atoms in total. The number of ketones is 1. The molecule has 124 valence electrons. The Balaban J connectivity index is 1.79. The number of benzene rings is 1. The Hall–Kier alpha value is -1.84. The van der Waals surface area contributed by atoms with Crippen molar-refractivity contribution in [3.63, 3.8) is 0 Å². The Morgan fingerprint density at radius 1 is 1.22 bits per heavy atom. The maximum atomic E-state index is 12.9.